The summed E-state index contributed by atoms with van der Waals surface area (Å²) in [5.74, 6) is -0.0720. The van der Waals surface area contributed by atoms with Gasteiger partial charge >= 0.3 is 0 Å². The topological polar surface area (TPSA) is 91.7 Å². The van der Waals surface area contributed by atoms with Gasteiger partial charge in [-0.15, -0.1) is 0 Å². The first-order chi connectivity index (χ1) is 12.7. The summed E-state index contributed by atoms with van der Waals surface area (Å²) in [5, 5.41) is 0. The zero-order valence-corrected chi connectivity index (χ0v) is 14.7. The van der Waals surface area contributed by atoms with Crippen molar-refractivity contribution in [1.82, 2.24) is 19.8 Å². The van der Waals surface area contributed by atoms with Crippen molar-refractivity contribution in [3.8, 4) is 0 Å². The highest BCUT2D eigenvalue weighted by Crippen LogP contribution is 2.42. The van der Waals surface area contributed by atoms with E-state index in [0.29, 0.717) is 38.0 Å². The number of methoxy groups -OCH3 is 1. The molecule has 2 aliphatic rings. The second-order valence-corrected chi connectivity index (χ2v) is 6.79. The second-order valence-electron chi connectivity index (χ2n) is 6.79. The summed E-state index contributed by atoms with van der Waals surface area (Å²) in [6.07, 6.45) is 6.73. The summed E-state index contributed by atoms with van der Waals surface area (Å²) in [7, 11) is 1.53. The second kappa shape index (κ2) is 6.60. The molecule has 8 nitrogen and oxygen atoms in total. The molecule has 2 amide bonds. The van der Waals surface area contributed by atoms with Gasteiger partial charge in [0.15, 0.2) is 0 Å². The maximum absolute atomic E-state index is 12.7. The van der Waals surface area contributed by atoms with Crippen LogP contribution >= 0.6 is 0 Å². The minimum absolute atomic E-state index is 0.0317. The van der Waals surface area contributed by atoms with Crippen molar-refractivity contribution in [3.05, 3.63) is 41.9 Å². The molecule has 2 aromatic heterocycles. The van der Waals surface area contributed by atoms with Crippen LogP contribution in [-0.2, 0) is 21.5 Å². The van der Waals surface area contributed by atoms with Gasteiger partial charge in [-0.05, 0) is 18.9 Å². The smallest absolute Gasteiger partial charge is 0.257 e. The number of fused-ring (bicyclic) bond motifs is 2. The minimum atomic E-state index is -0.476. The van der Waals surface area contributed by atoms with Crippen molar-refractivity contribution in [2.45, 2.75) is 24.8 Å². The average molecular weight is 358 g/mol. The van der Waals surface area contributed by atoms with E-state index in [-0.39, 0.29) is 18.4 Å². The number of nitrogens with one attached hydrogen (secondary N) is 1. The van der Waals surface area contributed by atoms with Gasteiger partial charge < -0.3 is 23.9 Å². The van der Waals surface area contributed by atoms with Crippen molar-refractivity contribution in [1.29, 1.82) is 0 Å². The maximum Gasteiger partial charge on any atom is 0.257 e. The Labute approximate surface area is 151 Å². The molecule has 1 saturated heterocycles. The summed E-state index contributed by atoms with van der Waals surface area (Å²) in [4.78, 5) is 36.7. The van der Waals surface area contributed by atoms with E-state index in [2.05, 4.69) is 9.97 Å². The lowest BCUT2D eigenvalue weighted by Crippen LogP contribution is -2.59. The number of carbonyl (C=O) groups is 2. The van der Waals surface area contributed by atoms with E-state index in [4.69, 9.17) is 9.15 Å². The van der Waals surface area contributed by atoms with Gasteiger partial charge in [0.2, 0.25) is 5.91 Å². The third-order valence-corrected chi connectivity index (χ3v) is 5.48. The molecular weight excluding hydrogens is 336 g/mol. The maximum atomic E-state index is 12.7. The largest absolute Gasteiger partial charge is 0.472 e. The van der Waals surface area contributed by atoms with E-state index in [9.17, 15) is 9.59 Å². The Balaban J connectivity index is 1.59. The fraction of sp³-hybridized carbons (Fsp3) is 0.500. The van der Waals surface area contributed by atoms with Crippen molar-refractivity contribution in [2.75, 3.05) is 33.4 Å². The Morgan fingerprint density at radius 1 is 1.35 bits per heavy atom. The number of aromatic amines is 1. The first kappa shape index (κ1) is 16.8. The fourth-order valence-corrected chi connectivity index (χ4v) is 4.20. The molecule has 2 aliphatic heterocycles. The Bertz CT molecular complexity index is 790. The van der Waals surface area contributed by atoms with Crippen LogP contribution in [0.25, 0.3) is 0 Å². The molecule has 8 heteroatoms. The molecule has 0 radical (unpaired) electrons. The van der Waals surface area contributed by atoms with E-state index < -0.39 is 5.54 Å². The number of imidazole rings is 1. The Kier molecular flexibility index (Phi) is 4.28. The molecule has 0 unspecified atom stereocenters. The lowest BCUT2D eigenvalue weighted by Gasteiger charge is -2.50. The summed E-state index contributed by atoms with van der Waals surface area (Å²) in [6, 6.07) is 1.67. The summed E-state index contributed by atoms with van der Waals surface area (Å²) < 4.78 is 10.1. The zero-order valence-electron chi connectivity index (χ0n) is 14.7. The number of rotatable bonds is 3. The lowest BCUT2D eigenvalue weighted by atomic mass is 9.78. The SMILES string of the molecule is COCC(=O)N1CCc2[nH]cnc2C12CCN(C(=O)c1ccoc1)CC2. The number of ether oxygens (including phenoxy) is 1. The standard InChI is InChI=1S/C18H22N4O4/c1-25-11-15(23)22-6-2-14-16(20-12-19-14)18(22)4-7-21(8-5-18)17(24)13-3-9-26-10-13/h3,9-10,12H,2,4-8,11H2,1H3,(H,19,20). The first-order valence-electron chi connectivity index (χ1n) is 8.79. The monoisotopic (exact) mass is 358 g/mol. The van der Waals surface area contributed by atoms with E-state index in [0.717, 1.165) is 17.8 Å². The van der Waals surface area contributed by atoms with Crippen LogP contribution in [-0.4, -0.2) is 64.9 Å². The molecule has 1 spiro atoms. The highest BCUT2D eigenvalue weighted by atomic mass is 16.5. The summed E-state index contributed by atoms with van der Waals surface area (Å²) in [6.45, 7) is 1.81. The number of H-pyrrole nitrogens is 1. The van der Waals surface area contributed by atoms with Gasteiger partial charge in [0.25, 0.3) is 5.91 Å². The van der Waals surface area contributed by atoms with Gasteiger partial charge in [-0.25, -0.2) is 4.98 Å². The molecule has 0 aliphatic carbocycles. The molecule has 0 saturated carbocycles. The third-order valence-electron chi connectivity index (χ3n) is 5.48. The van der Waals surface area contributed by atoms with Crippen LogP contribution in [0.4, 0.5) is 0 Å². The lowest BCUT2D eigenvalue weighted by molar-refractivity contribution is -0.145. The van der Waals surface area contributed by atoms with Crippen molar-refractivity contribution in [3.63, 3.8) is 0 Å². The highest BCUT2D eigenvalue weighted by Gasteiger charge is 2.49. The van der Waals surface area contributed by atoms with E-state index in [1.807, 2.05) is 9.80 Å². The molecule has 2 aromatic rings. The number of amides is 2. The molecule has 0 aromatic carbocycles. The quantitative estimate of drug-likeness (QED) is 0.889. The van der Waals surface area contributed by atoms with Gasteiger partial charge in [-0.3, -0.25) is 9.59 Å². The van der Waals surface area contributed by atoms with Gasteiger partial charge in [0.1, 0.15) is 12.9 Å². The van der Waals surface area contributed by atoms with Gasteiger partial charge in [-0.2, -0.15) is 0 Å². The molecule has 4 heterocycles. The van der Waals surface area contributed by atoms with Crippen LogP contribution in [0.5, 0.6) is 0 Å². The molecule has 0 atom stereocenters. The highest BCUT2D eigenvalue weighted by molar-refractivity contribution is 5.94. The molecule has 0 bridgehead atoms. The minimum Gasteiger partial charge on any atom is -0.472 e. The van der Waals surface area contributed by atoms with Crippen LogP contribution in [0, 0.1) is 0 Å². The summed E-state index contributed by atoms with van der Waals surface area (Å²) >= 11 is 0. The van der Waals surface area contributed by atoms with Crippen LogP contribution in [0.15, 0.2) is 29.3 Å². The van der Waals surface area contributed by atoms with Gasteiger partial charge in [-0.1, -0.05) is 0 Å². The predicted molar refractivity (Wildman–Crippen MR) is 91.4 cm³/mol. The van der Waals surface area contributed by atoms with Crippen LogP contribution in [0.3, 0.4) is 0 Å². The van der Waals surface area contributed by atoms with Gasteiger partial charge in [0.05, 0.1) is 29.4 Å². The van der Waals surface area contributed by atoms with Crippen molar-refractivity contribution in [2.24, 2.45) is 0 Å². The number of furan rings is 1. The third kappa shape index (κ3) is 2.61. The normalized spacial score (nSPS) is 18.8. The molecule has 138 valence electrons. The van der Waals surface area contributed by atoms with Crippen molar-refractivity contribution >= 4 is 11.8 Å². The Hall–Kier alpha value is -2.61. The fourth-order valence-electron chi connectivity index (χ4n) is 4.20. The number of aromatic nitrogens is 2. The van der Waals surface area contributed by atoms with Crippen LogP contribution < -0.4 is 0 Å². The average Bonchev–Trinajstić information content (AvgIpc) is 3.34. The zero-order chi connectivity index (χ0) is 18.1. The molecule has 26 heavy (non-hydrogen) atoms. The Morgan fingerprint density at radius 3 is 2.85 bits per heavy atom. The number of likely N-dealkylation sites (tertiary alicyclic amines) is 1. The molecule has 1 fully saturated rings. The number of hydrogen-bond acceptors (Lipinski definition) is 5. The van der Waals surface area contributed by atoms with Gasteiger partial charge in [0, 0.05) is 38.9 Å². The molecule has 1 N–H and O–H groups in total. The van der Waals surface area contributed by atoms with E-state index in [1.54, 1.807) is 12.4 Å². The number of carbonyl (C=O) groups excluding carboxylic acids is 2. The molecular formula is C18H22N4O4. The molecule has 4 rings (SSSR count). The number of hydrogen-bond donors (Lipinski definition) is 1. The van der Waals surface area contributed by atoms with Crippen LogP contribution in [0.1, 0.15) is 34.6 Å². The number of piperidine rings is 1. The van der Waals surface area contributed by atoms with Crippen LogP contribution in [0.2, 0.25) is 0 Å². The number of nitrogens with zero attached hydrogens (tertiary/aromatic N) is 3. The first-order valence-corrected chi connectivity index (χ1v) is 8.79. The predicted octanol–water partition coefficient (Wildman–Crippen LogP) is 1.17. The van der Waals surface area contributed by atoms with E-state index >= 15 is 0 Å². The van der Waals surface area contributed by atoms with Crippen molar-refractivity contribution < 1.29 is 18.7 Å². The van der Waals surface area contributed by atoms with E-state index in [1.165, 1.54) is 19.6 Å². The Morgan fingerprint density at radius 2 is 2.15 bits per heavy atom. The summed E-state index contributed by atoms with van der Waals surface area (Å²) in [5.41, 5.74) is 2.10.